The fourth-order valence-electron chi connectivity index (χ4n) is 2.17. The highest BCUT2D eigenvalue weighted by Gasteiger charge is 2.27. The predicted octanol–water partition coefficient (Wildman–Crippen LogP) is 0.439. The zero-order chi connectivity index (χ0) is 13.8. The first kappa shape index (κ1) is 13.8. The van der Waals surface area contributed by atoms with Crippen molar-refractivity contribution in [2.45, 2.75) is 12.6 Å². The van der Waals surface area contributed by atoms with Crippen LogP contribution in [-0.4, -0.2) is 50.7 Å². The zero-order valence-corrected chi connectivity index (χ0v) is 11.5. The second-order valence-corrected chi connectivity index (χ2v) is 4.99. The molecular formula is C14H21N3O2. The van der Waals surface area contributed by atoms with E-state index < -0.39 is 0 Å². The molecule has 1 heterocycles. The average Bonchev–Trinajstić information content (AvgIpc) is 2.41. The van der Waals surface area contributed by atoms with Crippen LogP contribution in [0.25, 0.3) is 0 Å². The molecule has 0 aliphatic carbocycles. The van der Waals surface area contributed by atoms with Crippen molar-refractivity contribution in [1.29, 1.82) is 0 Å². The number of nitrogens with zero attached hydrogens (tertiary/aromatic N) is 2. The number of nitrogens with two attached hydrogens (primary N) is 1. The van der Waals surface area contributed by atoms with E-state index in [0.717, 1.165) is 11.3 Å². The van der Waals surface area contributed by atoms with Crippen LogP contribution in [0.1, 0.15) is 5.56 Å². The molecule has 0 aromatic heterocycles. The van der Waals surface area contributed by atoms with Gasteiger partial charge in [0, 0.05) is 32.9 Å². The van der Waals surface area contributed by atoms with E-state index >= 15 is 0 Å². The summed E-state index contributed by atoms with van der Waals surface area (Å²) in [6, 6.07) is 8.18. The van der Waals surface area contributed by atoms with Crippen LogP contribution < -0.4 is 10.6 Å². The highest BCUT2D eigenvalue weighted by molar-refractivity contribution is 5.78. The summed E-state index contributed by atoms with van der Waals surface area (Å²) in [4.78, 5) is 15.7. The molecular weight excluding hydrogens is 242 g/mol. The predicted molar refractivity (Wildman–Crippen MR) is 75.0 cm³/mol. The molecule has 1 amide bonds. The minimum Gasteiger partial charge on any atom is -0.378 e. The molecule has 1 unspecified atom stereocenters. The number of benzene rings is 1. The lowest BCUT2D eigenvalue weighted by molar-refractivity contribution is -0.148. The number of hydrogen-bond donors (Lipinski definition) is 1. The Kier molecular flexibility index (Phi) is 4.39. The van der Waals surface area contributed by atoms with Gasteiger partial charge < -0.3 is 20.3 Å². The van der Waals surface area contributed by atoms with Gasteiger partial charge in [0.05, 0.1) is 12.6 Å². The Morgan fingerprint density at radius 1 is 1.37 bits per heavy atom. The number of carbonyl (C=O) groups is 1. The van der Waals surface area contributed by atoms with Gasteiger partial charge in [-0.05, 0) is 17.7 Å². The van der Waals surface area contributed by atoms with E-state index in [1.165, 1.54) is 0 Å². The molecule has 5 nitrogen and oxygen atoms in total. The Hall–Kier alpha value is -1.59. The molecule has 104 valence electrons. The minimum absolute atomic E-state index is 0.0124. The Morgan fingerprint density at radius 2 is 2.05 bits per heavy atom. The van der Waals surface area contributed by atoms with Gasteiger partial charge in [0.2, 0.25) is 5.91 Å². The van der Waals surface area contributed by atoms with Gasteiger partial charge >= 0.3 is 0 Å². The maximum atomic E-state index is 11.9. The largest absolute Gasteiger partial charge is 0.378 e. The molecule has 1 aromatic carbocycles. The van der Waals surface area contributed by atoms with E-state index in [4.69, 9.17) is 10.5 Å². The molecule has 0 spiro atoms. The SMILES string of the molecule is CN(C)c1ccc(CN2C(=O)COCC2CN)cc1. The average molecular weight is 263 g/mol. The third-order valence-corrected chi connectivity index (χ3v) is 3.37. The number of ether oxygens (including phenoxy) is 1. The van der Waals surface area contributed by atoms with Gasteiger partial charge in [0.25, 0.3) is 0 Å². The summed E-state index contributed by atoms with van der Waals surface area (Å²) < 4.78 is 5.23. The highest BCUT2D eigenvalue weighted by Crippen LogP contribution is 2.16. The second-order valence-electron chi connectivity index (χ2n) is 4.99. The van der Waals surface area contributed by atoms with Crippen molar-refractivity contribution in [3.8, 4) is 0 Å². The summed E-state index contributed by atoms with van der Waals surface area (Å²) in [5.74, 6) is 0.0124. The van der Waals surface area contributed by atoms with Crippen LogP contribution in [0.3, 0.4) is 0 Å². The molecule has 19 heavy (non-hydrogen) atoms. The summed E-state index contributed by atoms with van der Waals surface area (Å²) in [7, 11) is 4.01. The van der Waals surface area contributed by atoms with E-state index in [9.17, 15) is 4.79 Å². The minimum atomic E-state index is -0.0187. The Balaban J connectivity index is 2.08. The summed E-state index contributed by atoms with van der Waals surface area (Å²) in [5.41, 5.74) is 7.95. The second kappa shape index (κ2) is 6.04. The number of anilines is 1. The molecule has 2 N–H and O–H groups in total. The number of morpholine rings is 1. The van der Waals surface area contributed by atoms with Gasteiger partial charge in [-0.25, -0.2) is 0 Å². The van der Waals surface area contributed by atoms with Gasteiger partial charge in [-0.3, -0.25) is 4.79 Å². The van der Waals surface area contributed by atoms with Crippen molar-refractivity contribution in [3.63, 3.8) is 0 Å². The maximum Gasteiger partial charge on any atom is 0.249 e. The monoisotopic (exact) mass is 263 g/mol. The van der Waals surface area contributed by atoms with Gasteiger partial charge in [-0.15, -0.1) is 0 Å². The van der Waals surface area contributed by atoms with Gasteiger partial charge in [-0.1, -0.05) is 12.1 Å². The molecule has 0 saturated carbocycles. The number of carbonyl (C=O) groups excluding carboxylic acids is 1. The van der Waals surface area contributed by atoms with Crippen molar-refractivity contribution in [1.82, 2.24) is 4.90 Å². The van der Waals surface area contributed by atoms with Crippen LogP contribution in [0.15, 0.2) is 24.3 Å². The van der Waals surface area contributed by atoms with Crippen molar-refractivity contribution in [2.24, 2.45) is 5.73 Å². The zero-order valence-electron chi connectivity index (χ0n) is 11.5. The normalized spacial score (nSPS) is 19.6. The van der Waals surface area contributed by atoms with Crippen molar-refractivity contribution >= 4 is 11.6 Å². The van der Waals surface area contributed by atoms with Crippen molar-refractivity contribution in [2.75, 3.05) is 38.8 Å². The molecule has 1 aliphatic heterocycles. The quantitative estimate of drug-likeness (QED) is 0.856. The summed E-state index contributed by atoms with van der Waals surface area (Å²) in [5, 5.41) is 0. The molecule has 1 saturated heterocycles. The lowest BCUT2D eigenvalue weighted by atomic mass is 10.1. The van der Waals surface area contributed by atoms with E-state index in [0.29, 0.717) is 19.7 Å². The Labute approximate surface area is 113 Å². The molecule has 0 radical (unpaired) electrons. The lowest BCUT2D eigenvalue weighted by Gasteiger charge is -2.34. The summed E-state index contributed by atoms with van der Waals surface area (Å²) in [6.07, 6.45) is 0. The van der Waals surface area contributed by atoms with Crippen LogP contribution in [0.2, 0.25) is 0 Å². The van der Waals surface area contributed by atoms with E-state index in [-0.39, 0.29) is 18.6 Å². The maximum absolute atomic E-state index is 11.9. The molecule has 0 bridgehead atoms. The fourth-order valence-corrected chi connectivity index (χ4v) is 2.17. The first-order valence-corrected chi connectivity index (χ1v) is 6.45. The molecule has 1 aromatic rings. The van der Waals surface area contributed by atoms with Gasteiger partial charge in [0.15, 0.2) is 0 Å². The van der Waals surface area contributed by atoms with Crippen LogP contribution >= 0.6 is 0 Å². The molecule has 5 heteroatoms. The van der Waals surface area contributed by atoms with E-state index in [2.05, 4.69) is 12.1 Å². The van der Waals surface area contributed by atoms with Crippen LogP contribution in [-0.2, 0) is 16.1 Å². The fraction of sp³-hybridized carbons (Fsp3) is 0.500. The Bertz CT molecular complexity index is 431. The van der Waals surface area contributed by atoms with E-state index in [1.54, 1.807) is 0 Å². The lowest BCUT2D eigenvalue weighted by Crippen LogP contribution is -2.52. The molecule has 2 rings (SSSR count). The van der Waals surface area contributed by atoms with Crippen LogP contribution in [0.4, 0.5) is 5.69 Å². The topological polar surface area (TPSA) is 58.8 Å². The van der Waals surface area contributed by atoms with Crippen molar-refractivity contribution < 1.29 is 9.53 Å². The smallest absolute Gasteiger partial charge is 0.249 e. The number of amides is 1. The van der Waals surface area contributed by atoms with E-state index in [1.807, 2.05) is 36.0 Å². The van der Waals surface area contributed by atoms with Gasteiger partial charge in [-0.2, -0.15) is 0 Å². The standard InChI is InChI=1S/C14H21N3O2/c1-16(2)12-5-3-11(4-6-12)8-17-13(7-15)9-19-10-14(17)18/h3-6,13H,7-10,15H2,1-2H3. The highest BCUT2D eigenvalue weighted by atomic mass is 16.5. The first-order valence-electron chi connectivity index (χ1n) is 6.45. The summed E-state index contributed by atoms with van der Waals surface area (Å²) in [6.45, 7) is 1.71. The third-order valence-electron chi connectivity index (χ3n) is 3.37. The number of hydrogen-bond acceptors (Lipinski definition) is 4. The van der Waals surface area contributed by atoms with Crippen LogP contribution in [0, 0.1) is 0 Å². The molecule has 1 aliphatic rings. The third kappa shape index (κ3) is 3.24. The number of rotatable bonds is 4. The van der Waals surface area contributed by atoms with Gasteiger partial charge in [0.1, 0.15) is 6.61 Å². The van der Waals surface area contributed by atoms with Crippen LogP contribution in [0.5, 0.6) is 0 Å². The summed E-state index contributed by atoms with van der Waals surface area (Å²) >= 11 is 0. The first-order chi connectivity index (χ1) is 9.11. The molecule has 1 atom stereocenters. The van der Waals surface area contributed by atoms with Crippen molar-refractivity contribution in [3.05, 3.63) is 29.8 Å². The molecule has 1 fully saturated rings. The Morgan fingerprint density at radius 3 is 2.63 bits per heavy atom.